The lowest BCUT2D eigenvalue weighted by atomic mass is 10.1. The molecule has 0 aromatic rings. The van der Waals surface area contributed by atoms with Gasteiger partial charge < -0.3 is 24.2 Å². The van der Waals surface area contributed by atoms with Crippen molar-refractivity contribution in [2.75, 3.05) is 26.4 Å². The van der Waals surface area contributed by atoms with Crippen molar-refractivity contribution in [2.45, 2.75) is 226 Å². The minimum absolute atomic E-state index is 0.0468. The summed E-state index contributed by atoms with van der Waals surface area (Å²) in [5.74, 6) is -1.57. The van der Waals surface area contributed by atoms with Gasteiger partial charge in [0, 0.05) is 19.3 Å². The summed E-state index contributed by atoms with van der Waals surface area (Å²) < 4.78 is 39.2. The van der Waals surface area contributed by atoms with Gasteiger partial charge in [0.15, 0.2) is 6.10 Å². The number of phosphoric acid groups is 1. The van der Waals surface area contributed by atoms with Gasteiger partial charge in [-0.1, -0.05) is 184 Å². The summed E-state index contributed by atoms with van der Waals surface area (Å²) in [4.78, 5) is 48.1. The Morgan fingerprint density at radius 1 is 0.453 bits per heavy atom. The molecule has 0 bridgehead atoms. The van der Waals surface area contributed by atoms with E-state index in [2.05, 4.69) is 69.4 Å². The summed E-state index contributed by atoms with van der Waals surface area (Å²) in [7, 11) is -4.75. The van der Waals surface area contributed by atoms with Gasteiger partial charge in [-0.15, -0.1) is 0 Å². The van der Waals surface area contributed by atoms with E-state index in [4.69, 9.17) is 23.3 Å². The number of carbonyl (C=O) groups is 3. The molecule has 0 rings (SSSR count). The molecular weight excluding hydrogens is 832 g/mol. The number of hydrogen-bond acceptors (Lipinski definition) is 10. The molecule has 12 heteroatoms. The third kappa shape index (κ3) is 44.4. The molecule has 11 nitrogen and oxygen atoms in total. The van der Waals surface area contributed by atoms with Crippen LogP contribution in [0.4, 0.5) is 0 Å². The second-order valence-electron chi connectivity index (χ2n) is 16.6. The van der Waals surface area contributed by atoms with Crippen molar-refractivity contribution in [3.8, 4) is 0 Å². The highest BCUT2D eigenvalue weighted by atomic mass is 31.2. The summed E-state index contributed by atoms with van der Waals surface area (Å²) in [5, 5.41) is 9.75. The van der Waals surface area contributed by atoms with Gasteiger partial charge >= 0.3 is 25.7 Å². The highest BCUT2D eigenvalue weighted by molar-refractivity contribution is 7.47. The van der Waals surface area contributed by atoms with Gasteiger partial charge in [0.1, 0.15) is 12.7 Å². The molecule has 3 atom stereocenters. The molecule has 370 valence electrons. The van der Waals surface area contributed by atoms with Crippen molar-refractivity contribution in [2.24, 2.45) is 0 Å². The molecule has 0 saturated carbocycles. The molecule has 0 aliphatic rings. The smallest absolute Gasteiger partial charge is 0.462 e. The first-order valence-corrected chi connectivity index (χ1v) is 26.7. The van der Waals surface area contributed by atoms with Crippen LogP contribution in [0.25, 0.3) is 0 Å². The first-order chi connectivity index (χ1) is 31.2. The fourth-order valence-corrected chi connectivity index (χ4v) is 7.38. The topological polar surface area (TPSA) is 155 Å². The van der Waals surface area contributed by atoms with Crippen LogP contribution in [-0.2, 0) is 42.2 Å². The average molecular weight is 923 g/mol. The van der Waals surface area contributed by atoms with Crippen LogP contribution in [0.1, 0.15) is 213 Å². The minimum atomic E-state index is -4.75. The van der Waals surface area contributed by atoms with Crippen molar-refractivity contribution in [3.63, 3.8) is 0 Å². The van der Waals surface area contributed by atoms with E-state index in [0.717, 1.165) is 83.5 Å². The van der Waals surface area contributed by atoms with Gasteiger partial charge in [-0.2, -0.15) is 0 Å². The highest BCUT2D eigenvalue weighted by Crippen LogP contribution is 2.43. The molecule has 0 spiro atoms. The summed E-state index contributed by atoms with van der Waals surface area (Å²) in [5.41, 5.74) is 0. The molecule has 0 heterocycles. The zero-order valence-electron chi connectivity index (χ0n) is 40.5. The minimum Gasteiger partial charge on any atom is -0.462 e. The number of esters is 3. The van der Waals surface area contributed by atoms with E-state index in [1.165, 1.54) is 70.6 Å². The second kappa shape index (κ2) is 46.7. The largest absolute Gasteiger partial charge is 0.472 e. The molecule has 0 radical (unpaired) electrons. The molecule has 0 saturated heterocycles. The maximum atomic E-state index is 12.8. The van der Waals surface area contributed by atoms with Crippen LogP contribution < -0.4 is 0 Å². The molecule has 2 N–H and O–H groups in total. The van der Waals surface area contributed by atoms with Crippen molar-refractivity contribution in [1.29, 1.82) is 0 Å². The fraction of sp³-hybridized carbons (Fsp3) is 0.750. The van der Waals surface area contributed by atoms with Crippen LogP contribution in [-0.4, -0.2) is 66.5 Å². The number of unbranched alkanes of at least 4 members (excludes halogenated alkanes) is 19. The average Bonchev–Trinajstić information content (AvgIpc) is 3.28. The van der Waals surface area contributed by atoms with E-state index in [0.29, 0.717) is 19.3 Å². The number of allylic oxidation sites excluding steroid dienone is 10. The van der Waals surface area contributed by atoms with Crippen molar-refractivity contribution in [1.82, 2.24) is 0 Å². The van der Waals surface area contributed by atoms with Crippen LogP contribution >= 0.6 is 7.82 Å². The number of carbonyl (C=O) groups excluding carboxylic acids is 3. The fourth-order valence-electron chi connectivity index (χ4n) is 6.60. The van der Waals surface area contributed by atoms with E-state index in [1.807, 2.05) is 12.2 Å². The maximum Gasteiger partial charge on any atom is 0.472 e. The number of aliphatic hydroxyl groups is 1. The standard InChI is InChI=1S/C52H91O11P/c1-4-7-10-13-16-19-22-24-27-30-33-36-39-42-51(55)62-48(44-53)46-60-64(57,58)61-47-49(45-59-50(54)41-38-35-32-29-26-21-18-15-12-9-6-3)63-52(56)43-40-37-34-31-28-25-23-20-17-14-11-8-5-2/h8,11,17,19-20,22,25,28,34,37,48-49,53H,4-7,9-10,12-16,18,21,23-24,26-27,29-33,35-36,38-47H2,1-3H3,(H,57,58)/b11-8-,20-17-,22-19-,28-25-,37-34-. The lowest BCUT2D eigenvalue weighted by molar-refractivity contribution is -0.161. The van der Waals surface area contributed by atoms with Gasteiger partial charge in [0.25, 0.3) is 0 Å². The van der Waals surface area contributed by atoms with Crippen molar-refractivity contribution in [3.05, 3.63) is 60.8 Å². The molecule has 3 unspecified atom stereocenters. The first-order valence-electron chi connectivity index (χ1n) is 25.2. The SMILES string of the molecule is CC/C=C\C/C=C\C/C=C\C/C=C\CCC(=O)OC(COC(=O)CCCCCCCCCCCCC)COP(=O)(O)OCC(CO)OC(=O)CCCCCCC/C=C\CCCCCC. The van der Waals surface area contributed by atoms with E-state index in [1.54, 1.807) is 0 Å². The summed E-state index contributed by atoms with van der Waals surface area (Å²) in [6.07, 6.45) is 47.8. The number of rotatable bonds is 46. The number of phosphoric ester groups is 1. The summed E-state index contributed by atoms with van der Waals surface area (Å²) in [6.45, 7) is 4.39. The molecular formula is C52H91O11P. The first kappa shape index (κ1) is 61.2. The molecule has 0 fully saturated rings. The van der Waals surface area contributed by atoms with Gasteiger partial charge in [-0.3, -0.25) is 23.4 Å². The Morgan fingerprint density at radius 2 is 0.844 bits per heavy atom. The third-order valence-electron chi connectivity index (χ3n) is 10.4. The zero-order chi connectivity index (χ0) is 47.0. The number of ether oxygens (including phenoxy) is 3. The monoisotopic (exact) mass is 923 g/mol. The Balaban J connectivity index is 4.81. The van der Waals surface area contributed by atoms with E-state index in [9.17, 15) is 28.9 Å². The van der Waals surface area contributed by atoms with Crippen LogP contribution in [0.2, 0.25) is 0 Å². The van der Waals surface area contributed by atoms with Crippen molar-refractivity contribution >= 4 is 25.7 Å². The zero-order valence-corrected chi connectivity index (χ0v) is 41.4. The second-order valence-corrected chi connectivity index (χ2v) is 18.1. The summed E-state index contributed by atoms with van der Waals surface area (Å²) >= 11 is 0. The third-order valence-corrected chi connectivity index (χ3v) is 11.4. The highest BCUT2D eigenvalue weighted by Gasteiger charge is 2.28. The van der Waals surface area contributed by atoms with Gasteiger partial charge in [0.05, 0.1) is 19.8 Å². The van der Waals surface area contributed by atoms with Gasteiger partial charge in [0.2, 0.25) is 0 Å². The maximum absolute atomic E-state index is 12.8. The van der Waals surface area contributed by atoms with E-state index < -0.39 is 57.8 Å². The normalized spacial score (nSPS) is 14.0. The van der Waals surface area contributed by atoms with Crippen LogP contribution in [0.3, 0.4) is 0 Å². The Labute approximate surface area is 389 Å². The lowest BCUT2D eigenvalue weighted by Crippen LogP contribution is -2.30. The predicted octanol–water partition coefficient (Wildman–Crippen LogP) is 14.0. The molecule has 0 aromatic heterocycles. The molecule has 64 heavy (non-hydrogen) atoms. The Bertz CT molecular complexity index is 1310. The Hall–Kier alpha value is -2.82. The quantitative estimate of drug-likeness (QED) is 0.0197. The lowest BCUT2D eigenvalue weighted by Gasteiger charge is -2.21. The van der Waals surface area contributed by atoms with Crippen LogP contribution in [0, 0.1) is 0 Å². The molecule has 0 aliphatic heterocycles. The molecule has 0 aromatic carbocycles. The Morgan fingerprint density at radius 3 is 1.36 bits per heavy atom. The summed E-state index contributed by atoms with van der Waals surface area (Å²) in [6, 6.07) is 0. The molecule has 0 aliphatic carbocycles. The Kier molecular flexibility index (Phi) is 44.6. The van der Waals surface area contributed by atoms with Crippen LogP contribution in [0.5, 0.6) is 0 Å². The van der Waals surface area contributed by atoms with E-state index in [-0.39, 0.29) is 25.9 Å². The number of hydrogen-bond donors (Lipinski definition) is 2. The van der Waals surface area contributed by atoms with Crippen molar-refractivity contribution < 1.29 is 52.2 Å². The van der Waals surface area contributed by atoms with E-state index >= 15 is 0 Å². The van der Waals surface area contributed by atoms with Crippen LogP contribution in [0.15, 0.2) is 60.8 Å². The van der Waals surface area contributed by atoms with Gasteiger partial charge in [-0.05, 0) is 70.6 Å². The number of aliphatic hydroxyl groups excluding tert-OH is 1. The van der Waals surface area contributed by atoms with Gasteiger partial charge in [-0.25, -0.2) is 4.57 Å². The molecule has 0 amide bonds. The predicted molar refractivity (Wildman–Crippen MR) is 261 cm³/mol.